The van der Waals surface area contributed by atoms with Crippen LogP contribution >= 0.6 is 11.3 Å². The smallest absolute Gasteiger partial charge is 0.234 e. The number of amides is 2. The first kappa shape index (κ1) is 28.3. The van der Waals surface area contributed by atoms with E-state index in [1.807, 2.05) is 54.8 Å². The summed E-state index contributed by atoms with van der Waals surface area (Å²) in [6, 6.07) is 15.1. The van der Waals surface area contributed by atoms with E-state index in [1.54, 1.807) is 6.07 Å². The van der Waals surface area contributed by atoms with Crippen LogP contribution < -0.4 is 0 Å². The molecule has 7 heteroatoms. The fraction of sp³-hybridized carbons (Fsp3) is 0.394. The summed E-state index contributed by atoms with van der Waals surface area (Å²) in [5.41, 5.74) is 3.85. The number of benzene rings is 2. The number of hydrogen-bond acceptors (Lipinski definition) is 6. The molecule has 0 saturated carbocycles. The standard InChI is InChI=1S/C33H37NO5S/c1-3-7-22-17-26-31(33(39)34(32(26)38)18-23-8-6-15-40-23)27(19-35)30(22)29(37)13-11-20(2)16-21-12-14-28(36)25-10-5-4-9-24(21)25/h4-6,8-10,12,14-16,26-27,29,31,35-37H,3,7,11,13,17-19H2,1-2H3/b20-16+/t26-,27+,29-,31-/m1/s1. The minimum atomic E-state index is -0.811. The average molecular weight is 560 g/mol. The van der Waals surface area contributed by atoms with E-state index in [9.17, 15) is 24.9 Å². The van der Waals surface area contributed by atoms with E-state index < -0.39 is 23.9 Å². The molecule has 1 saturated heterocycles. The summed E-state index contributed by atoms with van der Waals surface area (Å²) in [4.78, 5) is 29.2. The van der Waals surface area contributed by atoms with Gasteiger partial charge in [0.15, 0.2) is 0 Å². The maximum atomic E-state index is 13.5. The van der Waals surface area contributed by atoms with Crippen molar-refractivity contribution in [2.75, 3.05) is 6.61 Å². The number of nitrogens with zero attached hydrogens (tertiary/aromatic N) is 1. The van der Waals surface area contributed by atoms with Crippen molar-refractivity contribution in [1.29, 1.82) is 0 Å². The van der Waals surface area contributed by atoms with E-state index in [0.717, 1.165) is 50.8 Å². The Morgan fingerprint density at radius 2 is 1.88 bits per heavy atom. The lowest BCUT2D eigenvalue weighted by Crippen LogP contribution is -2.39. The Bertz CT molecular complexity index is 1460. The molecule has 1 aliphatic carbocycles. The number of likely N-dealkylation sites (tertiary alicyclic amines) is 1. The van der Waals surface area contributed by atoms with Gasteiger partial charge in [0, 0.05) is 16.2 Å². The lowest BCUT2D eigenvalue weighted by molar-refractivity contribution is -0.140. The molecule has 2 aliphatic rings. The molecular formula is C33H37NO5S. The number of hydrogen-bond donors (Lipinski definition) is 3. The Kier molecular flexibility index (Phi) is 8.54. The normalized spacial score (nSPS) is 22.4. The van der Waals surface area contributed by atoms with Gasteiger partial charge in [0.05, 0.1) is 31.1 Å². The van der Waals surface area contributed by atoms with Gasteiger partial charge in [-0.1, -0.05) is 67.0 Å². The largest absolute Gasteiger partial charge is 0.507 e. The summed E-state index contributed by atoms with van der Waals surface area (Å²) in [5.74, 6) is -1.84. The second-order valence-electron chi connectivity index (χ2n) is 11.0. The number of carbonyl (C=O) groups excluding carboxylic acids is 2. The maximum absolute atomic E-state index is 13.5. The summed E-state index contributed by atoms with van der Waals surface area (Å²) < 4.78 is 0. The van der Waals surface area contributed by atoms with Crippen molar-refractivity contribution in [3.05, 3.63) is 81.1 Å². The zero-order valence-corrected chi connectivity index (χ0v) is 23.9. The van der Waals surface area contributed by atoms with Crippen molar-refractivity contribution < 1.29 is 24.9 Å². The highest BCUT2D eigenvalue weighted by atomic mass is 32.1. The van der Waals surface area contributed by atoms with Crippen LogP contribution in [0.15, 0.2) is 70.6 Å². The molecule has 3 aromatic rings. The van der Waals surface area contributed by atoms with Crippen LogP contribution in [-0.4, -0.2) is 44.7 Å². The molecule has 4 atom stereocenters. The molecule has 6 nitrogen and oxygen atoms in total. The topological polar surface area (TPSA) is 98.1 Å². The molecular weight excluding hydrogens is 522 g/mol. The van der Waals surface area contributed by atoms with Gasteiger partial charge < -0.3 is 15.3 Å². The zero-order chi connectivity index (χ0) is 28.4. The summed E-state index contributed by atoms with van der Waals surface area (Å²) in [6.07, 6.45) is 4.40. The summed E-state index contributed by atoms with van der Waals surface area (Å²) in [7, 11) is 0. The van der Waals surface area contributed by atoms with E-state index in [-0.39, 0.29) is 30.7 Å². The van der Waals surface area contributed by atoms with Gasteiger partial charge in [-0.2, -0.15) is 0 Å². The van der Waals surface area contributed by atoms with Crippen LogP contribution in [0.5, 0.6) is 5.75 Å². The minimum Gasteiger partial charge on any atom is -0.507 e. The number of allylic oxidation sites excluding steroid dienone is 2. The summed E-state index contributed by atoms with van der Waals surface area (Å²) >= 11 is 1.52. The van der Waals surface area contributed by atoms with Gasteiger partial charge in [-0.15, -0.1) is 11.3 Å². The predicted octanol–water partition coefficient (Wildman–Crippen LogP) is 6.06. The van der Waals surface area contributed by atoms with Gasteiger partial charge in [0.25, 0.3) is 0 Å². The number of thiophene rings is 1. The third-order valence-corrected chi connectivity index (χ3v) is 9.29. The van der Waals surface area contributed by atoms with Gasteiger partial charge >= 0.3 is 0 Å². The molecule has 0 radical (unpaired) electrons. The number of carbonyl (C=O) groups is 2. The average Bonchev–Trinajstić information content (AvgIpc) is 3.56. The number of phenols is 1. The highest BCUT2D eigenvalue weighted by Gasteiger charge is 2.54. The molecule has 5 rings (SSSR count). The van der Waals surface area contributed by atoms with Crippen molar-refractivity contribution in [2.24, 2.45) is 17.8 Å². The zero-order valence-electron chi connectivity index (χ0n) is 23.0. The van der Waals surface area contributed by atoms with Gasteiger partial charge in [-0.05, 0) is 66.6 Å². The molecule has 1 fully saturated rings. The fourth-order valence-electron chi connectivity index (χ4n) is 6.57. The summed E-state index contributed by atoms with van der Waals surface area (Å²) in [5, 5.41) is 35.9. The number of aliphatic hydroxyl groups excluding tert-OH is 2. The second kappa shape index (κ2) is 12.1. The van der Waals surface area contributed by atoms with E-state index in [2.05, 4.69) is 13.0 Å². The van der Waals surface area contributed by atoms with E-state index in [0.29, 0.717) is 19.3 Å². The Morgan fingerprint density at radius 1 is 1.10 bits per heavy atom. The van der Waals surface area contributed by atoms with Crippen LogP contribution in [0.1, 0.15) is 56.4 Å². The Balaban J connectivity index is 1.37. The number of aromatic hydroxyl groups is 1. The maximum Gasteiger partial charge on any atom is 0.234 e. The molecule has 40 heavy (non-hydrogen) atoms. The molecule has 1 aliphatic heterocycles. The van der Waals surface area contributed by atoms with Gasteiger partial charge in [-0.25, -0.2) is 0 Å². The van der Waals surface area contributed by atoms with Crippen LogP contribution in [0.4, 0.5) is 0 Å². The molecule has 0 bridgehead atoms. The van der Waals surface area contributed by atoms with Crippen molar-refractivity contribution >= 4 is 40.0 Å². The lowest BCUT2D eigenvalue weighted by Gasteiger charge is -2.36. The van der Waals surface area contributed by atoms with Crippen LogP contribution in [0.2, 0.25) is 0 Å². The number of imide groups is 1. The van der Waals surface area contributed by atoms with E-state index >= 15 is 0 Å². The van der Waals surface area contributed by atoms with Gasteiger partial charge in [0.2, 0.25) is 11.8 Å². The first-order chi connectivity index (χ1) is 19.3. The lowest BCUT2D eigenvalue weighted by atomic mass is 9.67. The van der Waals surface area contributed by atoms with Gasteiger partial charge in [0.1, 0.15) is 5.75 Å². The fourth-order valence-corrected chi connectivity index (χ4v) is 7.26. The molecule has 2 amide bonds. The summed E-state index contributed by atoms with van der Waals surface area (Å²) in [6.45, 7) is 4.08. The number of phenolic OH excluding ortho intramolecular Hbond substituents is 1. The third kappa shape index (κ3) is 5.38. The van der Waals surface area contributed by atoms with E-state index in [1.165, 1.54) is 16.2 Å². The first-order valence-electron chi connectivity index (χ1n) is 14.1. The SMILES string of the molecule is CCCC1=C([C@H](O)CC/C(C)=C/c2ccc(O)c3ccccc23)[C@H](CO)[C@@H]2C(=O)N(Cc3cccs3)C(=O)[C@@H]2C1. The number of fused-ring (bicyclic) bond motifs is 2. The second-order valence-corrected chi connectivity index (χ2v) is 12.1. The molecule has 1 aromatic heterocycles. The molecule has 2 aromatic carbocycles. The molecule has 210 valence electrons. The third-order valence-electron chi connectivity index (χ3n) is 8.43. The van der Waals surface area contributed by atoms with Crippen LogP contribution in [0.3, 0.4) is 0 Å². The number of aliphatic hydroxyl groups is 2. The Hall–Kier alpha value is -3.26. The van der Waals surface area contributed by atoms with Crippen molar-refractivity contribution in [3.63, 3.8) is 0 Å². The molecule has 3 N–H and O–H groups in total. The van der Waals surface area contributed by atoms with Crippen molar-refractivity contribution in [3.8, 4) is 5.75 Å². The highest BCUT2D eigenvalue weighted by molar-refractivity contribution is 7.09. The Morgan fingerprint density at radius 3 is 2.58 bits per heavy atom. The van der Waals surface area contributed by atoms with Crippen LogP contribution in [0.25, 0.3) is 16.8 Å². The molecule has 0 spiro atoms. The molecule has 0 unspecified atom stereocenters. The number of rotatable bonds is 10. The monoisotopic (exact) mass is 559 g/mol. The van der Waals surface area contributed by atoms with Crippen LogP contribution in [-0.2, 0) is 16.1 Å². The van der Waals surface area contributed by atoms with E-state index in [4.69, 9.17) is 0 Å². The first-order valence-corrected chi connectivity index (χ1v) is 15.0. The van der Waals surface area contributed by atoms with Gasteiger partial charge in [-0.3, -0.25) is 14.5 Å². The van der Waals surface area contributed by atoms with Crippen LogP contribution in [0, 0.1) is 17.8 Å². The van der Waals surface area contributed by atoms with Crippen molar-refractivity contribution in [1.82, 2.24) is 4.90 Å². The Labute approximate surface area is 239 Å². The minimum absolute atomic E-state index is 0.163. The quantitative estimate of drug-likeness (QED) is 0.207. The highest BCUT2D eigenvalue weighted by Crippen LogP contribution is 2.47. The predicted molar refractivity (Wildman–Crippen MR) is 158 cm³/mol. The van der Waals surface area contributed by atoms with Crippen molar-refractivity contribution in [2.45, 2.75) is 58.6 Å². The molecule has 2 heterocycles.